The molecule has 1 unspecified atom stereocenters. The molecule has 1 rings (SSSR count). The van der Waals surface area contributed by atoms with Crippen LogP contribution < -0.4 is 0 Å². The Kier molecular flexibility index (Phi) is 3.82. The largest absolute Gasteiger partial charge is 0.356 e. The van der Waals surface area contributed by atoms with Gasteiger partial charge >= 0.3 is 0 Å². The Balaban J connectivity index is 2.45. The standard InChI is InChI=1S/C9H14O2S/c1-3-4-8(10)9-11-7(2)5-6-12-9/h3-4,7,9H,5-6H2,1-2H3/b4-3+/t7-,9?/m0/s1. The fourth-order valence-corrected chi connectivity index (χ4v) is 2.24. The molecule has 0 aromatic rings. The van der Waals surface area contributed by atoms with Gasteiger partial charge in [-0.25, -0.2) is 0 Å². The fraction of sp³-hybridized carbons (Fsp3) is 0.667. The van der Waals surface area contributed by atoms with E-state index in [0.29, 0.717) is 0 Å². The van der Waals surface area contributed by atoms with Gasteiger partial charge in [0.05, 0.1) is 6.10 Å². The summed E-state index contributed by atoms with van der Waals surface area (Å²) in [5.41, 5.74) is -0.259. The summed E-state index contributed by atoms with van der Waals surface area (Å²) in [6, 6.07) is 0. The molecule has 2 nitrogen and oxygen atoms in total. The number of hydrogen-bond acceptors (Lipinski definition) is 3. The van der Waals surface area contributed by atoms with E-state index in [0.717, 1.165) is 12.2 Å². The van der Waals surface area contributed by atoms with Crippen LogP contribution in [0.5, 0.6) is 0 Å². The van der Waals surface area contributed by atoms with Crippen molar-refractivity contribution >= 4 is 17.5 Å². The van der Waals surface area contributed by atoms with Gasteiger partial charge in [-0.3, -0.25) is 4.79 Å². The lowest BCUT2D eigenvalue weighted by Crippen LogP contribution is -2.29. The number of allylic oxidation sites excluding steroid dienone is 1. The van der Waals surface area contributed by atoms with Crippen molar-refractivity contribution in [3.63, 3.8) is 0 Å². The molecule has 0 bridgehead atoms. The molecule has 1 heterocycles. The topological polar surface area (TPSA) is 26.3 Å². The SMILES string of the molecule is C/C=C/C(=O)C1O[C@@H](C)CCS1. The normalized spacial score (nSPS) is 30.8. The molecule has 0 aromatic carbocycles. The van der Waals surface area contributed by atoms with Crippen LogP contribution in [0.1, 0.15) is 20.3 Å². The molecule has 1 fully saturated rings. The molecule has 1 saturated heterocycles. The van der Waals surface area contributed by atoms with Gasteiger partial charge in [-0.1, -0.05) is 6.08 Å². The summed E-state index contributed by atoms with van der Waals surface area (Å²) in [6.07, 6.45) is 4.61. The molecule has 1 aliphatic heterocycles. The van der Waals surface area contributed by atoms with Crippen LogP contribution >= 0.6 is 11.8 Å². The maximum absolute atomic E-state index is 11.3. The molecule has 0 spiro atoms. The van der Waals surface area contributed by atoms with Crippen molar-refractivity contribution in [2.45, 2.75) is 31.8 Å². The van der Waals surface area contributed by atoms with E-state index in [1.165, 1.54) is 0 Å². The zero-order chi connectivity index (χ0) is 8.97. The predicted octanol–water partition coefficient (Wildman–Crippen LogP) is 2.00. The first kappa shape index (κ1) is 9.81. The Morgan fingerprint density at radius 1 is 1.67 bits per heavy atom. The Bertz CT molecular complexity index is 189. The fourth-order valence-electron chi connectivity index (χ4n) is 1.05. The van der Waals surface area contributed by atoms with Gasteiger partial charge in [-0.2, -0.15) is 0 Å². The Labute approximate surface area is 77.4 Å². The van der Waals surface area contributed by atoms with Crippen LogP contribution in [0.15, 0.2) is 12.2 Å². The smallest absolute Gasteiger partial charge is 0.194 e. The summed E-state index contributed by atoms with van der Waals surface area (Å²) >= 11 is 1.59. The van der Waals surface area contributed by atoms with E-state index in [1.807, 2.05) is 13.8 Å². The molecule has 1 aliphatic rings. The first-order valence-corrected chi connectivity index (χ1v) is 5.22. The molecule has 2 atom stereocenters. The van der Waals surface area contributed by atoms with Gasteiger partial charge < -0.3 is 4.74 Å². The highest BCUT2D eigenvalue weighted by atomic mass is 32.2. The highest BCUT2D eigenvalue weighted by Gasteiger charge is 2.23. The third kappa shape index (κ3) is 2.64. The molecule has 12 heavy (non-hydrogen) atoms. The number of carbonyl (C=O) groups is 1. The molecule has 0 radical (unpaired) electrons. The van der Waals surface area contributed by atoms with Crippen LogP contribution in [0.25, 0.3) is 0 Å². The summed E-state index contributed by atoms with van der Waals surface area (Å²) in [5, 5.41) is 0. The van der Waals surface area contributed by atoms with Crippen LogP contribution in [-0.2, 0) is 9.53 Å². The second-order valence-corrected chi connectivity index (χ2v) is 4.01. The van der Waals surface area contributed by atoms with Gasteiger partial charge in [0.15, 0.2) is 11.2 Å². The molecule has 0 aromatic heterocycles. The van der Waals surface area contributed by atoms with E-state index in [9.17, 15) is 4.79 Å². The van der Waals surface area contributed by atoms with Crippen LogP contribution in [0.3, 0.4) is 0 Å². The summed E-state index contributed by atoms with van der Waals surface area (Å²) in [7, 11) is 0. The Hall–Kier alpha value is -0.280. The molecule has 0 amide bonds. The molecular formula is C9H14O2S. The van der Waals surface area contributed by atoms with Crippen molar-refractivity contribution in [2.75, 3.05) is 5.75 Å². The van der Waals surface area contributed by atoms with Gasteiger partial charge in [0, 0.05) is 0 Å². The third-order valence-corrected chi connectivity index (χ3v) is 2.83. The number of ether oxygens (including phenoxy) is 1. The average Bonchev–Trinajstić information content (AvgIpc) is 2.05. The van der Waals surface area contributed by atoms with E-state index in [4.69, 9.17) is 4.74 Å². The van der Waals surface area contributed by atoms with E-state index >= 15 is 0 Å². The zero-order valence-electron chi connectivity index (χ0n) is 7.45. The quantitative estimate of drug-likeness (QED) is 0.617. The van der Waals surface area contributed by atoms with Gasteiger partial charge in [0.1, 0.15) is 0 Å². The van der Waals surface area contributed by atoms with Gasteiger partial charge in [0.25, 0.3) is 0 Å². The third-order valence-electron chi connectivity index (χ3n) is 1.71. The van der Waals surface area contributed by atoms with Crippen molar-refractivity contribution in [3.8, 4) is 0 Å². The first-order valence-electron chi connectivity index (χ1n) is 4.17. The second kappa shape index (κ2) is 4.67. The lowest BCUT2D eigenvalue weighted by molar-refractivity contribution is -0.123. The van der Waals surface area contributed by atoms with Crippen molar-refractivity contribution in [3.05, 3.63) is 12.2 Å². The Morgan fingerprint density at radius 3 is 3.00 bits per heavy atom. The van der Waals surface area contributed by atoms with Crippen molar-refractivity contribution in [1.29, 1.82) is 0 Å². The highest BCUT2D eigenvalue weighted by molar-refractivity contribution is 8.00. The summed E-state index contributed by atoms with van der Waals surface area (Å²) in [6.45, 7) is 3.85. The monoisotopic (exact) mass is 186 g/mol. The molecule has 0 aliphatic carbocycles. The average molecular weight is 186 g/mol. The highest BCUT2D eigenvalue weighted by Crippen LogP contribution is 2.24. The van der Waals surface area contributed by atoms with Crippen LogP contribution in [0, 0.1) is 0 Å². The number of hydrogen-bond donors (Lipinski definition) is 0. The first-order chi connectivity index (χ1) is 5.74. The minimum atomic E-state index is -0.259. The van der Waals surface area contributed by atoms with Crippen molar-refractivity contribution < 1.29 is 9.53 Å². The van der Waals surface area contributed by atoms with Crippen molar-refractivity contribution in [2.24, 2.45) is 0 Å². The second-order valence-electron chi connectivity index (χ2n) is 2.84. The van der Waals surface area contributed by atoms with Crippen LogP contribution in [-0.4, -0.2) is 23.1 Å². The van der Waals surface area contributed by atoms with Gasteiger partial charge in [-0.15, -0.1) is 11.8 Å². The molecular weight excluding hydrogens is 172 g/mol. The van der Waals surface area contributed by atoms with Gasteiger partial charge in [0.2, 0.25) is 0 Å². The van der Waals surface area contributed by atoms with Gasteiger partial charge in [-0.05, 0) is 32.1 Å². The van der Waals surface area contributed by atoms with Crippen molar-refractivity contribution in [1.82, 2.24) is 0 Å². The number of ketones is 1. The van der Waals surface area contributed by atoms with Crippen LogP contribution in [0.2, 0.25) is 0 Å². The lowest BCUT2D eigenvalue weighted by atomic mass is 10.3. The lowest BCUT2D eigenvalue weighted by Gasteiger charge is -2.25. The maximum Gasteiger partial charge on any atom is 0.194 e. The maximum atomic E-state index is 11.3. The summed E-state index contributed by atoms with van der Waals surface area (Å²) < 4.78 is 5.46. The minimum Gasteiger partial charge on any atom is -0.356 e. The van der Waals surface area contributed by atoms with E-state index in [1.54, 1.807) is 23.9 Å². The molecule has 0 saturated carbocycles. The van der Waals surface area contributed by atoms with E-state index in [-0.39, 0.29) is 17.3 Å². The predicted molar refractivity (Wildman–Crippen MR) is 51.2 cm³/mol. The van der Waals surface area contributed by atoms with E-state index in [2.05, 4.69) is 0 Å². The molecule has 3 heteroatoms. The molecule has 0 N–H and O–H groups in total. The number of thioether (sulfide) groups is 1. The summed E-state index contributed by atoms with van der Waals surface area (Å²) in [4.78, 5) is 11.3. The summed E-state index contributed by atoms with van der Waals surface area (Å²) in [5.74, 6) is 1.10. The van der Waals surface area contributed by atoms with E-state index < -0.39 is 0 Å². The Morgan fingerprint density at radius 2 is 2.42 bits per heavy atom. The number of carbonyl (C=O) groups excluding carboxylic acids is 1. The number of rotatable bonds is 2. The van der Waals surface area contributed by atoms with Crippen LogP contribution in [0.4, 0.5) is 0 Å². The zero-order valence-corrected chi connectivity index (χ0v) is 8.26. The molecule has 68 valence electrons. The minimum absolute atomic E-state index is 0.0778.